The summed E-state index contributed by atoms with van der Waals surface area (Å²) in [5, 5.41) is 9.69. The minimum atomic E-state index is -0.721. The number of hydrogen-bond acceptors (Lipinski definition) is 6. The van der Waals surface area contributed by atoms with E-state index in [1.807, 2.05) is 30.3 Å². The molecule has 0 amide bonds. The van der Waals surface area contributed by atoms with Crippen molar-refractivity contribution in [2.75, 3.05) is 10.6 Å². The van der Waals surface area contributed by atoms with Gasteiger partial charge in [0.25, 0.3) is 0 Å². The van der Waals surface area contributed by atoms with E-state index in [4.69, 9.17) is 4.52 Å². The van der Waals surface area contributed by atoms with Crippen LogP contribution in [0.3, 0.4) is 0 Å². The SMILES string of the molecule is Cc1cc(Nc2nc(Nc3ccc(F)cc3F)cc(-c3ccccc3)n2)no1. The molecule has 0 unspecified atom stereocenters. The largest absolute Gasteiger partial charge is 0.360 e. The first-order valence-electron chi connectivity index (χ1n) is 8.44. The van der Waals surface area contributed by atoms with Crippen LogP contribution in [0.15, 0.2) is 65.2 Å². The molecule has 2 aromatic heterocycles. The Kier molecular flexibility index (Phi) is 4.67. The zero-order valence-electron chi connectivity index (χ0n) is 14.8. The van der Waals surface area contributed by atoms with Crippen molar-refractivity contribution in [1.29, 1.82) is 0 Å². The van der Waals surface area contributed by atoms with Crippen molar-refractivity contribution < 1.29 is 13.3 Å². The molecule has 0 radical (unpaired) electrons. The molecule has 4 aromatic rings. The molecule has 0 saturated heterocycles. The average Bonchev–Trinajstić information content (AvgIpc) is 3.09. The van der Waals surface area contributed by atoms with E-state index in [-0.39, 0.29) is 11.6 Å². The normalized spacial score (nSPS) is 10.7. The van der Waals surface area contributed by atoms with Gasteiger partial charge in [-0.05, 0) is 19.1 Å². The van der Waals surface area contributed by atoms with Crippen LogP contribution >= 0.6 is 0 Å². The first-order valence-corrected chi connectivity index (χ1v) is 8.44. The first kappa shape index (κ1) is 17.6. The molecule has 28 heavy (non-hydrogen) atoms. The summed E-state index contributed by atoms with van der Waals surface area (Å²) in [7, 11) is 0. The first-order chi connectivity index (χ1) is 13.6. The number of aromatic nitrogens is 3. The van der Waals surface area contributed by atoms with Gasteiger partial charge in [-0.1, -0.05) is 35.5 Å². The van der Waals surface area contributed by atoms with Crippen molar-refractivity contribution in [2.24, 2.45) is 0 Å². The Morgan fingerprint density at radius 2 is 1.68 bits per heavy atom. The Morgan fingerprint density at radius 3 is 2.39 bits per heavy atom. The molecule has 0 spiro atoms. The molecule has 4 rings (SSSR count). The lowest BCUT2D eigenvalue weighted by molar-refractivity contribution is 0.400. The van der Waals surface area contributed by atoms with Crippen molar-refractivity contribution in [3.05, 3.63) is 78.1 Å². The lowest BCUT2D eigenvalue weighted by Crippen LogP contribution is -2.03. The van der Waals surface area contributed by atoms with Crippen molar-refractivity contribution in [2.45, 2.75) is 6.92 Å². The molecule has 6 nitrogen and oxygen atoms in total. The number of hydrogen-bond donors (Lipinski definition) is 2. The predicted octanol–water partition coefficient (Wildman–Crippen LogP) is 5.21. The fourth-order valence-corrected chi connectivity index (χ4v) is 2.59. The molecule has 2 N–H and O–H groups in total. The molecule has 0 aliphatic heterocycles. The van der Waals surface area contributed by atoms with E-state index in [0.29, 0.717) is 23.1 Å². The minimum absolute atomic E-state index is 0.0994. The predicted molar refractivity (Wildman–Crippen MR) is 102 cm³/mol. The molecule has 2 heterocycles. The Hall–Kier alpha value is -3.81. The van der Waals surface area contributed by atoms with Gasteiger partial charge in [-0.3, -0.25) is 0 Å². The van der Waals surface area contributed by atoms with Gasteiger partial charge in [-0.25, -0.2) is 13.8 Å². The van der Waals surface area contributed by atoms with E-state index in [0.717, 1.165) is 11.6 Å². The molecule has 0 atom stereocenters. The van der Waals surface area contributed by atoms with Gasteiger partial charge in [0.05, 0.1) is 11.4 Å². The molecular formula is C20H15F2N5O. The van der Waals surface area contributed by atoms with E-state index < -0.39 is 11.6 Å². The van der Waals surface area contributed by atoms with Crippen LogP contribution in [0, 0.1) is 18.6 Å². The van der Waals surface area contributed by atoms with Crippen LogP contribution < -0.4 is 10.6 Å². The van der Waals surface area contributed by atoms with Gasteiger partial charge in [-0.15, -0.1) is 0 Å². The zero-order valence-corrected chi connectivity index (χ0v) is 14.8. The van der Waals surface area contributed by atoms with Gasteiger partial charge in [0, 0.05) is 23.8 Å². The molecule has 0 saturated carbocycles. The van der Waals surface area contributed by atoms with Crippen LogP contribution in [0.1, 0.15) is 5.76 Å². The van der Waals surface area contributed by atoms with E-state index >= 15 is 0 Å². The third kappa shape index (κ3) is 3.96. The van der Waals surface area contributed by atoms with E-state index in [2.05, 4.69) is 25.8 Å². The second kappa shape index (κ2) is 7.43. The van der Waals surface area contributed by atoms with Crippen molar-refractivity contribution in [1.82, 2.24) is 15.1 Å². The summed E-state index contributed by atoms with van der Waals surface area (Å²) in [6.07, 6.45) is 0. The molecular weight excluding hydrogens is 364 g/mol. The van der Waals surface area contributed by atoms with Crippen molar-refractivity contribution in [3.63, 3.8) is 0 Å². The quantitative estimate of drug-likeness (QED) is 0.496. The number of anilines is 4. The summed E-state index contributed by atoms with van der Waals surface area (Å²) in [5.74, 6) is 0.290. The highest BCUT2D eigenvalue weighted by Crippen LogP contribution is 2.26. The minimum Gasteiger partial charge on any atom is -0.360 e. The van der Waals surface area contributed by atoms with Crippen molar-refractivity contribution >= 4 is 23.3 Å². The standard InChI is InChI=1S/C20H15F2N5O/c1-12-9-19(27-28-12)26-20-24-17(13-5-3-2-4-6-13)11-18(25-20)23-16-8-7-14(21)10-15(16)22/h2-11H,1H3,(H2,23,24,25,26,27). The molecule has 2 aromatic carbocycles. The lowest BCUT2D eigenvalue weighted by Gasteiger charge is -2.11. The highest BCUT2D eigenvalue weighted by atomic mass is 19.1. The lowest BCUT2D eigenvalue weighted by atomic mass is 10.1. The average molecular weight is 379 g/mol. The number of nitrogens with one attached hydrogen (secondary N) is 2. The monoisotopic (exact) mass is 379 g/mol. The fourth-order valence-electron chi connectivity index (χ4n) is 2.59. The highest BCUT2D eigenvalue weighted by Gasteiger charge is 2.11. The molecule has 0 bridgehead atoms. The van der Waals surface area contributed by atoms with Crippen LogP contribution in [0.25, 0.3) is 11.3 Å². The number of benzene rings is 2. The summed E-state index contributed by atoms with van der Waals surface area (Å²) in [5.41, 5.74) is 1.57. The summed E-state index contributed by atoms with van der Waals surface area (Å²) in [4.78, 5) is 8.84. The van der Waals surface area contributed by atoms with Crippen molar-refractivity contribution in [3.8, 4) is 11.3 Å². The van der Waals surface area contributed by atoms with E-state index in [9.17, 15) is 8.78 Å². The Balaban J connectivity index is 1.72. The molecule has 0 aliphatic carbocycles. The summed E-state index contributed by atoms with van der Waals surface area (Å²) in [6, 6.07) is 16.1. The summed E-state index contributed by atoms with van der Waals surface area (Å²) >= 11 is 0. The van der Waals surface area contributed by atoms with Crippen LogP contribution in [0.5, 0.6) is 0 Å². The second-order valence-electron chi connectivity index (χ2n) is 6.03. The Morgan fingerprint density at radius 1 is 0.857 bits per heavy atom. The molecule has 140 valence electrons. The smallest absolute Gasteiger partial charge is 0.231 e. The fraction of sp³-hybridized carbons (Fsp3) is 0.0500. The van der Waals surface area contributed by atoms with Crippen LogP contribution in [-0.2, 0) is 0 Å². The summed E-state index contributed by atoms with van der Waals surface area (Å²) in [6.45, 7) is 1.77. The third-order valence-electron chi connectivity index (χ3n) is 3.86. The molecule has 0 fully saturated rings. The van der Waals surface area contributed by atoms with Gasteiger partial charge in [-0.2, -0.15) is 4.98 Å². The van der Waals surface area contributed by atoms with Gasteiger partial charge in [0.2, 0.25) is 5.95 Å². The van der Waals surface area contributed by atoms with Crippen LogP contribution in [0.2, 0.25) is 0 Å². The Labute approximate surface area is 159 Å². The molecule has 0 aliphatic rings. The number of rotatable bonds is 5. The topological polar surface area (TPSA) is 75.9 Å². The van der Waals surface area contributed by atoms with E-state index in [1.165, 1.54) is 12.1 Å². The third-order valence-corrected chi connectivity index (χ3v) is 3.86. The maximum absolute atomic E-state index is 14.0. The van der Waals surface area contributed by atoms with Crippen LogP contribution in [-0.4, -0.2) is 15.1 Å². The van der Waals surface area contributed by atoms with Gasteiger partial charge < -0.3 is 15.2 Å². The molecule has 8 heteroatoms. The van der Waals surface area contributed by atoms with Gasteiger partial charge >= 0.3 is 0 Å². The number of nitrogens with zero attached hydrogens (tertiary/aromatic N) is 3. The second-order valence-corrected chi connectivity index (χ2v) is 6.03. The highest BCUT2D eigenvalue weighted by molar-refractivity contribution is 5.68. The van der Waals surface area contributed by atoms with Crippen LogP contribution in [0.4, 0.5) is 32.1 Å². The van der Waals surface area contributed by atoms with E-state index in [1.54, 1.807) is 19.1 Å². The maximum atomic E-state index is 14.0. The van der Waals surface area contributed by atoms with Gasteiger partial charge in [0.1, 0.15) is 23.2 Å². The maximum Gasteiger partial charge on any atom is 0.231 e. The zero-order chi connectivity index (χ0) is 19.5. The summed E-state index contributed by atoms with van der Waals surface area (Å²) < 4.78 is 32.2. The Bertz CT molecular complexity index is 1110. The number of aryl methyl sites for hydroxylation is 1. The number of halogens is 2. The van der Waals surface area contributed by atoms with Gasteiger partial charge in [0.15, 0.2) is 5.82 Å².